The highest BCUT2D eigenvalue weighted by atomic mass is 19.5. The summed E-state index contributed by atoms with van der Waals surface area (Å²) in [5.41, 5.74) is 0. The van der Waals surface area contributed by atoms with Crippen LogP contribution in [-0.4, -0.2) is 48.1 Å². The molecule has 1 rings (SSSR count). The number of nitrogens with zero attached hydrogens (tertiary/aromatic N) is 2. The predicted octanol–water partition coefficient (Wildman–Crippen LogP) is 9.69. The fourth-order valence-corrected chi connectivity index (χ4v) is 1.36. The van der Waals surface area contributed by atoms with Crippen LogP contribution in [-0.2, 0) is 13.6 Å². The zero-order valence-electron chi connectivity index (χ0n) is 20.7. The molecule has 1 heterocycles. The number of unbranched alkanes of at least 4 members (excludes halogenated alkanes) is 3. The summed E-state index contributed by atoms with van der Waals surface area (Å²) >= 11 is 0. The van der Waals surface area contributed by atoms with Crippen molar-refractivity contribution in [1.82, 2.24) is 4.57 Å². The van der Waals surface area contributed by atoms with Gasteiger partial charge in [0.1, 0.15) is 12.4 Å². The average Bonchev–Trinajstić information content (AvgIpc) is 2.95. The van der Waals surface area contributed by atoms with Gasteiger partial charge in [0.15, 0.2) is 0 Å². The van der Waals surface area contributed by atoms with Crippen molar-refractivity contribution >= 4 is 43.5 Å². The maximum Gasteiger partial charge on any atom is 0.673 e. The minimum atomic E-state index is -6.00. The van der Waals surface area contributed by atoms with E-state index in [-0.39, 0.29) is 0 Å². The van der Waals surface area contributed by atoms with Gasteiger partial charge >= 0.3 is 43.5 Å². The molecule has 0 aliphatic rings. The van der Waals surface area contributed by atoms with Gasteiger partial charge in [-0.05, 0) is 12.8 Å². The Morgan fingerprint density at radius 1 is 0.452 bits per heavy atom. The number of aromatic nitrogens is 2. The van der Waals surface area contributed by atoms with Gasteiger partial charge < -0.3 is 104 Å². The first-order chi connectivity index (χ1) is 17.8. The van der Waals surface area contributed by atoms with Crippen LogP contribution in [0.15, 0.2) is 18.7 Å². The molecule has 0 N–H and O–H groups in total. The number of hydrogen-bond acceptors (Lipinski definition) is 0. The quantitative estimate of drug-likeness (QED) is 0.126. The van der Waals surface area contributed by atoms with Gasteiger partial charge in [-0.3, -0.25) is 0 Å². The zero-order chi connectivity index (χ0) is 35.8. The topological polar surface area (TPSA) is 8.81 Å². The second-order valence-corrected chi connectivity index (χ2v) is 6.35. The van der Waals surface area contributed by atoms with Gasteiger partial charge in [-0.1, -0.05) is 19.8 Å². The van der Waals surface area contributed by atoms with E-state index in [1.807, 2.05) is 0 Å². The maximum absolute atomic E-state index is 9.75. The van der Waals surface area contributed by atoms with Gasteiger partial charge in [-0.15, -0.1) is 0 Å². The van der Waals surface area contributed by atoms with E-state index >= 15 is 0 Å². The van der Waals surface area contributed by atoms with Crippen molar-refractivity contribution in [3.05, 3.63) is 18.7 Å². The minimum absolute atomic E-state index is 1.17. The van der Waals surface area contributed by atoms with Crippen LogP contribution in [0.4, 0.5) is 104 Å². The molecule has 0 saturated heterocycles. The first kappa shape index (κ1) is 52.6. The summed E-state index contributed by atoms with van der Waals surface area (Å²) in [6.07, 6.45) is 11.7. The lowest BCUT2D eigenvalue weighted by Gasteiger charge is -1.95. The van der Waals surface area contributed by atoms with Crippen LogP contribution in [0.1, 0.15) is 32.6 Å². The molecule has 0 radical (unpaired) electrons. The second kappa shape index (κ2) is 24.4. The summed E-state index contributed by atoms with van der Waals surface area (Å²) in [4.78, 5) is 0. The van der Waals surface area contributed by atoms with Crippen molar-refractivity contribution in [2.24, 2.45) is 7.05 Å². The van der Waals surface area contributed by atoms with Crippen LogP contribution in [0.25, 0.3) is 0 Å². The molecule has 0 spiro atoms. The molecule has 0 unspecified atom stereocenters. The lowest BCUT2D eigenvalue weighted by atomic mass is 10.2. The SMILES string of the molecule is CCCCCCn1cc[n+](C)c1.F[B-](F)(F)F.F[B-](F)(F)F.F[B-](F)(F)F.F[B-](F)(F)F.F[B-](F)(F)F.F[B-](F)(F)F. The fraction of sp³-hybridized carbons (Fsp3) is 0.700. The molecule has 260 valence electrons. The van der Waals surface area contributed by atoms with Crippen molar-refractivity contribution in [2.75, 3.05) is 0 Å². The molecule has 1 aromatic heterocycles. The molecular weight excluding hydrogens is 669 g/mol. The van der Waals surface area contributed by atoms with Crippen LogP contribution >= 0.6 is 0 Å². The summed E-state index contributed by atoms with van der Waals surface area (Å²) < 4.78 is 238. The highest BCUT2D eigenvalue weighted by Gasteiger charge is 2.22. The third kappa shape index (κ3) is 310. The van der Waals surface area contributed by atoms with Crippen molar-refractivity contribution in [1.29, 1.82) is 0 Å². The minimum Gasteiger partial charge on any atom is -0.418 e. The van der Waals surface area contributed by atoms with E-state index in [2.05, 4.69) is 41.8 Å². The Labute approximate surface area is 222 Å². The zero-order valence-corrected chi connectivity index (χ0v) is 20.7. The van der Waals surface area contributed by atoms with E-state index in [0.717, 1.165) is 0 Å². The lowest BCUT2D eigenvalue weighted by Crippen LogP contribution is -2.23. The smallest absolute Gasteiger partial charge is 0.418 e. The average molecular weight is 688 g/mol. The van der Waals surface area contributed by atoms with Crippen molar-refractivity contribution in [2.45, 2.75) is 39.2 Å². The van der Waals surface area contributed by atoms with Gasteiger partial charge in [0.2, 0.25) is 6.33 Å². The molecular formula is C10H19B6F24N2-5. The first-order valence-corrected chi connectivity index (χ1v) is 10.1. The number of rotatable bonds is 5. The Kier molecular flexibility index (Phi) is 30.5. The molecule has 0 aromatic carbocycles. The van der Waals surface area contributed by atoms with Crippen LogP contribution < -0.4 is 4.57 Å². The van der Waals surface area contributed by atoms with Crippen molar-refractivity contribution < 1.29 is 108 Å². The number of halogens is 24. The fourth-order valence-electron chi connectivity index (χ4n) is 1.36. The Hall–Kier alpha value is -2.08. The van der Waals surface area contributed by atoms with E-state index in [0.29, 0.717) is 0 Å². The number of hydrogen-bond donors (Lipinski definition) is 0. The second-order valence-electron chi connectivity index (χ2n) is 6.35. The molecule has 32 heteroatoms. The molecule has 42 heavy (non-hydrogen) atoms. The molecule has 0 amide bonds. The molecule has 0 aliphatic heterocycles. The molecule has 0 atom stereocenters. The largest absolute Gasteiger partial charge is 0.673 e. The van der Waals surface area contributed by atoms with Gasteiger partial charge in [0, 0.05) is 0 Å². The van der Waals surface area contributed by atoms with Gasteiger partial charge in [-0.25, -0.2) is 9.13 Å². The highest BCUT2D eigenvalue weighted by Crippen LogP contribution is 2.09. The highest BCUT2D eigenvalue weighted by molar-refractivity contribution is 6.51. The predicted molar refractivity (Wildman–Crippen MR) is 111 cm³/mol. The van der Waals surface area contributed by atoms with E-state index in [1.54, 1.807) is 0 Å². The van der Waals surface area contributed by atoms with Gasteiger partial charge in [0.25, 0.3) is 0 Å². The van der Waals surface area contributed by atoms with E-state index in [9.17, 15) is 104 Å². The van der Waals surface area contributed by atoms with Crippen LogP contribution in [0.5, 0.6) is 0 Å². The van der Waals surface area contributed by atoms with Crippen molar-refractivity contribution in [3.8, 4) is 0 Å². The third-order valence-corrected chi connectivity index (χ3v) is 2.09. The Morgan fingerprint density at radius 2 is 0.690 bits per heavy atom. The van der Waals surface area contributed by atoms with Crippen LogP contribution in [0.2, 0.25) is 0 Å². The monoisotopic (exact) mass is 689 g/mol. The molecule has 2 nitrogen and oxygen atoms in total. The van der Waals surface area contributed by atoms with E-state index < -0.39 is 43.5 Å². The molecule has 0 fully saturated rings. The Balaban J connectivity index is -0.0000000944. The van der Waals surface area contributed by atoms with Crippen LogP contribution in [0.3, 0.4) is 0 Å². The maximum atomic E-state index is 9.75. The first-order valence-electron chi connectivity index (χ1n) is 10.1. The summed E-state index contributed by atoms with van der Waals surface area (Å²) in [7, 11) is -33.9. The summed E-state index contributed by atoms with van der Waals surface area (Å²) in [5.74, 6) is 0. The lowest BCUT2D eigenvalue weighted by molar-refractivity contribution is -0.671. The van der Waals surface area contributed by atoms with Crippen LogP contribution in [0, 0.1) is 0 Å². The normalized spacial score (nSPS) is 11.6. The summed E-state index contributed by atoms with van der Waals surface area (Å²) in [6, 6.07) is 0. The standard InChI is InChI=1S/C10H19N2.6BF4/c1-3-4-5-6-7-12-9-8-11(2)10-12;6*2-1(3,4)5/h8-10H,3-7H2,1-2H3;;;;;;/q+1;6*-1. The Morgan fingerprint density at radius 3 is 0.857 bits per heavy atom. The summed E-state index contributed by atoms with van der Waals surface area (Å²) in [5, 5.41) is 0. The molecule has 0 bridgehead atoms. The van der Waals surface area contributed by atoms with E-state index in [1.165, 1.54) is 32.2 Å². The molecule has 1 aromatic rings. The summed E-state index contributed by atoms with van der Waals surface area (Å²) in [6.45, 7) is 3.41. The Bertz CT molecular complexity index is 576. The van der Waals surface area contributed by atoms with E-state index in [4.69, 9.17) is 0 Å². The third-order valence-electron chi connectivity index (χ3n) is 2.09. The molecule has 0 saturated carbocycles. The molecule has 0 aliphatic carbocycles. The van der Waals surface area contributed by atoms with Gasteiger partial charge in [-0.2, -0.15) is 0 Å². The van der Waals surface area contributed by atoms with Crippen molar-refractivity contribution in [3.63, 3.8) is 0 Å². The number of imidazole rings is 1. The number of aryl methyl sites for hydroxylation is 2. The van der Waals surface area contributed by atoms with Gasteiger partial charge in [0.05, 0.1) is 13.6 Å².